The fraction of sp³-hybridized carbons (Fsp3) is 0.250. The van der Waals surface area contributed by atoms with Crippen LogP contribution in [0.25, 0.3) is 0 Å². The summed E-state index contributed by atoms with van der Waals surface area (Å²) in [5, 5.41) is 8.97. The van der Waals surface area contributed by atoms with Gasteiger partial charge in [-0.2, -0.15) is 4.31 Å². The van der Waals surface area contributed by atoms with Crippen LogP contribution in [0.5, 0.6) is 0 Å². The van der Waals surface area contributed by atoms with Gasteiger partial charge in [0.1, 0.15) is 0 Å². The van der Waals surface area contributed by atoms with Crippen LogP contribution in [0.1, 0.15) is 16.8 Å². The quantitative estimate of drug-likeness (QED) is 0.851. The minimum absolute atomic E-state index is 0.00502. The monoisotopic (exact) mass is 345 g/mol. The molecule has 0 bridgehead atoms. The highest BCUT2D eigenvalue weighted by Crippen LogP contribution is 2.23. The molecular formula is C12H12BrNO4S. The van der Waals surface area contributed by atoms with Crippen LogP contribution in [0.3, 0.4) is 0 Å². The Morgan fingerprint density at radius 2 is 2.00 bits per heavy atom. The number of aromatic carboxylic acids is 1. The normalized spacial score (nSPS) is 16.5. The minimum atomic E-state index is -3.65. The first-order valence-electron chi connectivity index (χ1n) is 5.60. The second kappa shape index (κ2) is 5.44. The molecule has 0 radical (unpaired) electrons. The van der Waals surface area contributed by atoms with Crippen LogP contribution in [0.15, 0.2) is 39.7 Å². The smallest absolute Gasteiger partial charge is 0.335 e. The summed E-state index contributed by atoms with van der Waals surface area (Å²) in [6, 6.07) is 3.97. The third-order valence-corrected chi connectivity index (χ3v) is 5.08. The molecule has 0 saturated heterocycles. The predicted octanol–water partition coefficient (Wildman–Crippen LogP) is 2.10. The van der Waals surface area contributed by atoms with Crippen LogP contribution in [-0.2, 0) is 10.0 Å². The number of sulfonamides is 1. The molecule has 0 amide bonds. The van der Waals surface area contributed by atoms with Crippen molar-refractivity contribution in [1.82, 2.24) is 4.31 Å². The Hall–Kier alpha value is -1.18. The second-order valence-corrected chi connectivity index (χ2v) is 6.96. The highest BCUT2D eigenvalue weighted by atomic mass is 79.9. The van der Waals surface area contributed by atoms with Gasteiger partial charge in [-0.25, -0.2) is 13.2 Å². The van der Waals surface area contributed by atoms with Gasteiger partial charge in [0.15, 0.2) is 0 Å². The van der Waals surface area contributed by atoms with Gasteiger partial charge in [-0.1, -0.05) is 28.1 Å². The number of nitrogens with zero attached hydrogens (tertiary/aromatic N) is 1. The second-order valence-electron chi connectivity index (χ2n) is 4.10. The van der Waals surface area contributed by atoms with Gasteiger partial charge in [-0.15, -0.1) is 0 Å². The van der Waals surface area contributed by atoms with E-state index in [1.807, 2.05) is 6.08 Å². The SMILES string of the molecule is O=C(O)c1cc(Br)cc(S(=O)(=O)N2CC=CCC2)c1. The average molecular weight is 346 g/mol. The van der Waals surface area contributed by atoms with Gasteiger partial charge in [-0.3, -0.25) is 0 Å². The zero-order chi connectivity index (χ0) is 14.0. The van der Waals surface area contributed by atoms with Crippen molar-refractivity contribution in [2.75, 3.05) is 13.1 Å². The molecule has 5 nitrogen and oxygen atoms in total. The van der Waals surface area contributed by atoms with Gasteiger partial charge in [0, 0.05) is 17.6 Å². The van der Waals surface area contributed by atoms with E-state index < -0.39 is 16.0 Å². The number of hydrogen-bond donors (Lipinski definition) is 1. The van der Waals surface area contributed by atoms with Crippen molar-refractivity contribution in [2.45, 2.75) is 11.3 Å². The molecular weight excluding hydrogens is 334 g/mol. The molecule has 1 aromatic rings. The molecule has 19 heavy (non-hydrogen) atoms. The Labute approximate surface area is 119 Å². The molecule has 1 aliphatic heterocycles. The Kier molecular flexibility index (Phi) is 4.07. The maximum atomic E-state index is 12.4. The van der Waals surface area contributed by atoms with E-state index in [-0.39, 0.29) is 10.5 Å². The van der Waals surface area contributed by atoms with Crippen molar-refractivity contribution in [3.05, 3.63) is 40.4 Å². The maximum Gasteiger partial charge on any atom is 0.335 e. The minimum Gasteiger partial charge on any atom is -0.478 e. The van der Waals surface area contributed by atoms with Crippen LogP contribution in [0.4, 0.5) is 0 Å². The van der Waals surface area contributed by atoms with Crippen molar-refractivity contribution in [3.63, 3.8) is 0 Å². The Balaban J connectivity index is 2.45. The van der Waals surface area contributed by atoms with Crippen LogP contribution >= 0.6 is 15.9 Å². The zero-order valence-electron chi connectivity index (χ0n) is 9.91. The van der Waals surface area contributed by atoms with Crippen LogP contribution in [0, 0.1) is 0 Å². The molecule has 0 unspecified atom stereocenters. The lowest BCUT2D eigenvalue weighted by Gasteiger charge is -2.23. The molecule has 0 spiro atoms. The van der Waals surface area contributed by atoms with Gasteiger partial charge in [0.2, 0.25) is 10.0 Å². The molecule has 0 fully saturated rings. The highest BCUT2D eigenvalue weighted by molar-refractivity contribution is 9.10. The molecule has 2 rings (SSSR count). The summed E-state index contributed by atoms with van der Waals surface area (Å²) in [6.07, 6.45) is 4.38. The third kappa shape index (κ3) is 3.05. The summed E-state index contributed by atoms with van der Waals surface area (Å²) in [5.41, 5.74) is -0.0551. The molecule has 0 aliphatic carbocycles. The summed E-state index contributed by atoms with van der Waals surface area (Å²) >= 11 is 3.14. The van der Waals surface area contributed by atoms with Gasteiger partial charge < -0.3 is 5.11 Å². The van der Waals surface area contributed by atoms with E-state index in [9.17, 15) is 13.2 Å². The van der Waals surface area contributed by atoms with Crippen molar-refractivity contribution in [1.29, 1.82) is 0 Å². The summed E-state index contributed by atoms with van der Waals surface area (Å²) in [4.78, 5) is 11.0. The van der Waals surface area contributed by atoms with E-state index in [0.717, 1.165) is 0 Å². The third-order valence-electron chi connectivity index (χ3n) is 2.78. The highest BCUT2D eigenvalue weighted by Gasteiger charge is 2.25. The first-order valence-corrected chi connectivity index (χ1v) is 7.83. The van der Waals surface area contributed by atoms with Crippen molar-refractivity contribution >= 4 is 31.9 Å². The number of rotatable bonds is 3. The molecule has 0 atom stereocenters. The summed E-state index contributed by atoms with van der Waals surface area (Å²) in [5.74, 6) is -1.16. The lowest BCUT2D eigenvalue weighted by Crippen LogP contribution is -2.33. The molecule has 0 saturated carbocycles. The van der Waals surface area contributed by atoms with E-state index in [0.29, 0.717) is 24.0 Å². The van der Waals surface area contributed by atoms with Gasteiger partial charge in [-0.05, 0) is 24.6 Å². The van der Waals surface area contributed by atoms with Crippen LogP contribution < -0.4 is 0 Å². The molecule has 7 heteroatoms. The van der Waals surface area contributed by atoms with Gasteiger partial charge in [0.25, 0.3) is 0 Å². The summed E-state index contributed by atoms with van der Waals surface area (Å²) < 4.78 is 26.5. The lowest BCUT2D eigenvalue weighted by atomic mass is 10.2. The predicted molar refractivity (Wildman–Crippen MR) is 73.6 cm³/mol. The van der Waals surface area contributed by atoms with Crippen molar-refractivity contribution < 1.29 is 18.3 Å². The summed E-state index contributed by atoms with van der Waals surface area (Å²) in [6.45, 7) is 0.727. The topological polar surface area (TPSA) is 74.7 Å². The standard InChI is InChI=1S/C12H12BrNO4S/c13-10-6-9(12(15)16)7-11(8-10)19(17,18)14-4-2-1-3-5-14/h1-2,6-8H,3-5H2,(H,15,16). The lowest BCUT2D eigenvalue weighted by molar-refractivity contribution is 0.0696. The number of hydrogen-bond acceptors (Lipinski definition) is 3. The fourth-order valence-electron chi connectivity index (χ4n) is 1.82. The molecule has 1 aliphatic rings. The van der Waals surface area contributed by atoms with Crippen molar-refractivity contribution in [3.8, 4) is 0 Å². The van der Waals surface area contributed by atoms with Gasteiger partial charge >= 0.3 is 5.97 Å². The molecule has 102 valence electrons. The number of halogens is 1. The first kappa shape index (κ1) is 14.2. The van der Waals surface area contributed by atoms with E-state index in [1.54, 1.807) is 6.08 Å². The van der Waals surface area contributed by atoms with E-state index in [1.165, 1.54) is 22.5 Å². The number of carbonyl (C=O) groups is 1. The van der Waals surface area contributed by atoms with E-state index in [4.69, 9.17) is 5.11 Å². The molecule has 1 N–H and O–H groups in total. The Morgan fingerprint density at radius 1 is 1.26 bits per heavy atom. The number of carboxylic acids is 1. The van der Waals surface area contributed by atoms with Gasteiger partial charge in [0.05, 0.1) is 10.5 Å². The molecule has 1 aromatic carbocycles. The maximum absolute atomic E-state index is 12.4. The zero-order valence-corrected chi connectivity index (χ0v) is 12.3. The number of benzene rings is 1. The average Bonchev–Trinajstić information content (AvgIpc) is 2.39. The van der Waals surface area contributed by atoms with Crippen LogP contribution in [0.2, 0.25) is 0 Å². The molecule has 0 aromatic heterocycles. The Bertz CT molecular complexity index is 639. The fourth-order valence-corrected chi connectivity index (χ4v) is 3.95. The van der Waals surface area contributed by atoms with Crippen LogP contribution in [-0.4, -0.2) is 36.9 Å². The first-order chi connectivity index (χ1) is 8.91. The van der Waals surface area contributed by atoms with E-state index >= 15 is 0 Å². The van der Waals surface area contributed by atoms with E-state index in [2.05, 4.69) is 15.9 Å². The molecule has 1 heterocycles. The summed E-state index contributed by atoms with van der Waals surface area (Å²) in [7, 11) is -3.65. The Morgan fingerprint density at radius 3 is 2.58 bits per heavy atom. The largest absolute Gasteiger partial charge is 0.478 e. The van der Waals surface area contributed by atoms with Crippen molar-refractivity contribution in [2.24, 2.45) is 0 Å². The number of carboxylic acid groups (broad SMARTS) is 1.